The molecule has 7 heteroatoms. The van der Waals surface area contributed by atoms with Crippen molar-refractivity contribution >= 4 is 47.8 Å². The number of hydrogen-bond donors (Lipinski definition) is 1. The Morgan fingerprint density at radius 2 is 0.662 bits per heavy atom. The normalized spacial score (nSPS) is 15.2. The topological polar surface area (TPSA) is 37.0 Å². The van der Waals surface area contributed by atoms with Crippen LogP contribution in [0.15, 0.2) is 206 Å². The van der Waals surface area contributed by atoms with Crippen LogP contribution in [0.25, 0.3) is 0 Å². The van der Waals surface area contributed by atoms with Crippen LogP contribution in [0.4, 0.5) is 0 Å². The van der Waals surface area contributed by atoms with E-state index in [4.69, 9.17) is 8.85 Å². The SMILES string of the molecule is CCCCN1Cc2ccccc2[Si](OCc2ccc(CNCc3ccc(CO[Si]4(c5ccccc5)c5ccccc5CN(CCCC)Cc5ccccc54)cc3)cc2)(c2ccccc2)c2ccccc2C1. The fraction of sp³-hybridized carbons (Fsp3) is 0.250. The number of nitrogens with one attached hydrogen (secondary N) is 1. The Hall–Kier alpha value is -6.01. The van der Waals surface area contributed by atoms with E-state index in [1.54, 1.807) is 0 Å². The quantitative estimate of drug-likeness (QED) is 0.0869. The van der Waals surface area contributed by atoms with Crippen LogP contribution in [0.2, 0.25) is 0 Å². The van der Waals surface area contributed by atoms with Crippen molar-refractivity contribution in [3.05, 3.63) is 251 Å². The summed E-state index contributed by atoms with van der Waals surface area (Å²) < 4.78 is 15.1. The lowest BCUT2D eigenvalue weighted by atomic mass is 10.1. The largest absolute Gasteiger partial charge is 0.400 e. The monoisotopic (exact) mass is 967 g/mol. The van der Waals surface area contributed by atoms with E-state index in [-0.39, 0.29) is 0 Å². The van der Waals surface area contributed by atoms with Gasteiger partial charge in [0.05, 0.1) is 13.2 Å². The van der Waals surface area contributed by atoms with Gasteiger partial charge in [0.25, 0.3) is 16.6 Å². The van der Waals surface area contributed by atoms with Crippen molar-refractivity contribution in [1.29, 1.82) is 0 Å². The minimum Gasteiger partial charge on any atom is -0.400 e. The lowest BCUT2D eigenvalue weighted by Crippen LogP contribution is -2.71. The van der Waals surface area contributed by atoms with Crippen LogP contribution in [0, 0.1) is 0 Å². The van der Waals surface area contributed by atoms with Crippen molar-refractivity contribution in [3.8, 4) is 0 Å². The standard InChI is InChI=1S/C64H69N3O2Si2/c1-3-5-41-66-45-55-21-13-17-29-61(55)70(59-25-9-7-10-26-59,62-30-18-14-22-56(62)46-66)68-49-53-37-33-51(34-38-53)43-65-44-52-35-39-54(40-36-52)50-69-71(60-27-11-8-12-28-60)63-31-19-15-23-57(63)47-67(42-6-4-2)48-58-24-16-20-32-64(58)71/h7-40,65H,3-6,41-50H2,1-2H3. The van der Waals surface area contributed by atoms with E-state index in [0.717, 1.165) is 52.4 Å². The van der Waals surface area contributed by atoms with Crippen molar-refractivity contribution in [3.63, 3.8) is 0 Å². The second-order valence-electron chi connectivity index (χ2n) is 19.7. The third-order valence-corrected chi connectivity index (χ3v) is 23.2. The molecule has 5 nitrogen and oxygen atoms in total. The lowest BCUT2D eigenvalue weighted by Gasteiger charge is -2.39. The number of rotatable bonds is 18. The maximum absolute atomic E-state index is 7.57. The Morgan fingerprint density at radius 1 is 0.366 bits per heavy atom. The molecule has 0 unspecified atom stereocenters. The summed E-state index contributed by atoms with van der Waals surface area (Å²) in [5.41, 5.74) is 10.4. The molecule has 0 saturated carbocycles. The third-order valence-electron chi connectivity index (χ3n) is 14.8. The van der Waals surface area contributed by atoms with Gasteiger partial charge < -0.3 is 14.2 Å². The average molecular weight is 968 g/mol. The van der Waals surface area contributed by atoms with Gasteiger partial charge in [-0.25, -0.2) is 0 Å². The van der Waals surface area contributed by atoms with Gasteiger partial charge in [-0.3, -0.25) is 9.80 Å². The Balaban J connectivity index is 0.829. The van der Waals surface area contributed by atoms with Gasteiger partial charge in [-0.15, -0.1) is 0 Å². The van der Waals surface area contributed by atoms with Crippen LogP contribution in [-0.2, 0) is 61.3 Å². The molecular formula is C64H69N3O2Si2. The molecule has 10 rings (SSSR count). The van der Waals surface area contributed by atoms with Crippen LogP contribution < -0.4 is 36.4 Å². The Morgan fingerprint density at radius 3 is 0.986 bits per heavy atom. The first kappa shape index (κ1) is 48.6. The minimum atomic E-state index is -2.92. The highest BCUT2D eigenvalue weighted by atomic mass is 28.4. The second kappa shape index (κ2) is 23.0. The van der Waals surface area contributed by atoms with Gasteiger partial charge in [0.1, 0.15) is 0 Å². The molecule has 0 aliphatic carbocycles. The van der Waals surface area contributed by atoms with Gasteiger partial charge >= 0.3 is 0 Å². The van der Waals surface area contributed by atoms with Crippen molar-refractivity contribution in [2.24, 2.45) is 0 Å². The summed E-state index contributed by atoms with van der Waals surface area (Å²) in [6.07, 6.45) is 4.77. The zero-order valence-electron chi connectivity index (χ0n) is 41.7. The molecule has 2 heterocycles. The first-order valence-corrected chi connectivity index (χ1v) is 29.9. The fourth-order valence-corrected chi connectivity index (χ4v) is 19.8. The molecule has 0 amide bonds. The zero-order chi connectivity index (χ0) is 48.3. The van der Waals surface area contributed by atoms with E-state index in [0.29, 0.717) is 13.2 Å². The number of unbranched alkanes of at least 4 members (excludes halogenated alkanes) is 2. The van der Waals surface area contributed by atoms with E-state index < -0.39 is 16.6 Å². The van der Waals surface area contributed by atoms with Crippen LogP contribution in [-0.4, -0.2) is 39.5 Å². The summed E-state index contributed by atoms with van der Waals surface area (Å²) in [6, 6.07) is 76.6. The Kier molecular flexibility index (Phi) is 15.8. The van der Waals surface area contributed by atoms with Crippen molar-refractivity contribution in [2.75, 3.05) is 13.1 Å². The Labute approximate surface area is 425 Å². The molecule has 71 heavy (non-hydrogen) atoms. The molecule has 0 aromatic heterocycles. The summed E-state index contributed by atoms with van der Waals surface area (Å²) in [5.74, 6) is 0. The van der Waals surface area contributed by atoms with E-state index in [1.165, 1.54) is 101 Å². The van der Waals surface area contributed by atoms with Crippen molar-refractivity contribution < 1.29 is 8.85 Å². The number of nitrogens with zero attached hydrogens (tertiary/aromatic N) is 2. The molecular weight excluding hydrogens is 899 g/mol. The smallest absolute Gasteiger partial charge is 0.289 e. The lowest BCUT2D eigenvalue weighted by molar-refractivity contribution is 0.251. The molecule has 0 bridgehead atoms. The molecule has 8 aromatic carbocycles. The van der Waals surface area contributed by atoms with Crippen LogP contribution in [0.3, 0.4) is 0 Å². The van der Waals surface area contributed by atoms with Crippen molar-refractivity contribution in [2.45, 2.75) is 92.0 Å². The molecule has 8 aromatic rings. The first-order valence-electron chi connectivity index (χ1n) is 26.1. The number of hydrogen-bond acceptors (Lipinski definition) is 5. The van der Waals surface area contributed by atoms with E-state index in [2.05, 4.69) is 235 Å². The maximum atomic E-state index is 7.57. The number of benzene rings is 8. The van der Waals surface area contributed by atoms with Gasteiger partial charge in [-0.2, -0.15) is 0 Å². The van der Waals surface area contributed by atoms with Gasteiger partial charge in [-0.05, 0) is 102 Å². The highest BCUT2D eigenvalue weighted by Crippen LogP contribution is 2.25. The molecule has 2 aliphatic heterocycles. The maximum Gasteiger partial charge on any atom is 0.289 e. The van der Waals surface area contributed by atoms with Gasteiger partial charge in [0.2, 0.25) is 0 Å². The molecule has 0 fully saturated rings. The van der Waals surface area contributed by atoms with E-state index in [1.807, 2.05) is 0 Å². The Bertz CT molecular complexity index is 2660. The van der Waals surface area contributed by atoms with Gasteiger partial charge in [0, 0.05) is 39.3 Å². The van der Waals surface area contributed by atoms with Crippen LogP contribution in [0.1, 0.15) is 84.0 Å². The minimum absolute atomic E-state index is 0.540. The molecule has 0 atom stereocenters. The number of fused-ring (bicyclic) bond motifs is 4. The summed E-state index contributed by atoms with van der Waals surface area (Å²) in [7, 11) is -5.84. The summed E-state index contributed by atoms with van der Waals surface area (Å²) >= 11 is 0. The molecule has 0 radical (unpaired) electrons. The van der Waals surface area contributed by atoms with Crippen molar-refractivity contribution in [1.82, 2.24) is 15.1 Å². The zero-order valence-corrected chi connectivity index (χ0v) is 43.7. The average Bonchev–Trinajstić information content (AvgIpc) is 3.42. The molecule has 0 saturated heterocycles. The van der Waals surface area contributed by atoms with Gasteiger partial charge in [-0.1, -0.05) is 233 Å². The second-order valence-corrected chi connectivity index (χ2v) is 26.3. The molecule has 0 spiro atoms. The fourth-order valence-electron chi connectivity index (χ4n) is 11.1. The van der Waals surface area contributed by atoms with Crippen LogP contribution >= 0.6 is 0 Å². The molecule has 2 aliphatic rings. The van der Waals surface area contributed by atoms with Gasteiger partial charge in [0.15, 0.2) is 0 Å². The summed E-state index contributed by atoms with van der Waals surface area (Å²) in [5, 5.41) is 11.8. The molecule has 360 valence electrons. The van der Waals surface area contributed by atoms with Crippen LogP contribution in [0.5, 0.6) is 0 Å². The highest BCUT2D eigenvalue weighted by Gasteiger charge is 2.47. The highest BCUT2D eigenvalue weighted by molar-refractivity contribution is 7.08. The predicted octanol–water partition coefficient (Wildman–Crippen LogP) is 9.58. The molecule has 1 N–H and O–H groups in total. The summed E-state index contributed by atoms with van der Waals surface area (Å²) in [4.78, 5) is 5.26. The predicted molar refractivity (Wildman–Crippen MR) is 299 cm³/mol. The third kappa shape index (κ3) is 10.6. The van der Waals surface area contributed by atoms with E-state index >= 15 is 0 Å². The van der Waals surface area contributed by atoms with E-state index in [9.17, 15) is 0 Å². The summed E-state index contributed by atoms with van der Waals surface area (Å²) in [6.45, 7) is 13.1. The first-order chi connectivity index (χ1) is 35.1.